The Bertz CT molecular complexity index is 429. The Hall–Kier alpha value is -1.32. The van der Waals surface area contributed by atoms with Crippen LogP contribution in [0.2, 0.25) is 0 Å². The van der Waals surface area contributed by atoms with Crippen molar-refractivity contribution < 1.29 is 15.0 Å². The molecule has 0 spiro atoms. The lowest BCUT2D eigenvalue weighted by molar-refractivity contribution is -0.396. The molecule has 9 heteroatoms. The van der Waals surface area contributed by atoms with Crippen molar-refractivity contribution in [3.63, 3.8) is 0 Å². The minimum Gasteiger partial charge on any atom is -0.396 e. The number of nitrogens with zero attached hydrogens (tertiary/aromatic N) is 2. The summed E-state index contributed by atoms with van der Waals surface area (Å²) in [5.74, 6) is 0.304. The van der Waals surface area contributed by atoms with Crippen LogP contribution in [0.5, 0.6) is 0 Å². The van der Waals surface area contributed by atoms with Gasteiger partial charge in [0, 0.05) is 11.8 Å². The van der Waals surface area contributed by atoms with Crippen LogP contribution >= 0.6 is 24.4 Å². The van der Waals surface area contributed by atoms with E-state index in [1.54, 1.807) is 6.26 Å². The number of nitro groups is 2. The van der Waals surface area contributed by atoms with Crippen molar-refractivity contribution in [1.82, 2.24) is 0 Å². The topological polar surface area (TPSA) is 107 Å². The third kappa shape index (κ3) is 7.31. The Labute approximate surface area is 127 Å². The molecule has 0 aliphatic heterocycles. The van der Waals surface area contributed by atoms with Crippen LogP contribution in [-0.2, 0) is 0 Å². The molecule has 114 valence electrons. The molecular weight excluding hydrogens is 304 g/mol. The van der Waals surface area contributed by atoms with Gasteiger partial charge < -0.3 is 5.11 Å². The van der Waals surface area contributed by atoms with Crippen LogP contribution in [-0.4, -0.2) is 33.6 Å². The first-order valence-electron chi connectivity index (χ1n) is 5.67. The van der Waals surface area contributed by atoms with Gasteiger partial charge in [0.05, 0.1) is 27.4 Å². The minimum absolute atomic E-state index is 0.112. The van der Waals surface area contributed by atoms with Crippen LogP contribution in [0, 0.1) is 20.2 Å². The van der Waals surface area contributed by atoms with E-state index in [1.165, 1.54) is 12.1 Å². The Kier molecular flexibility index (Phi) is 13.3. The summed E-state index contributed by atoms with van der Waals surface area (Å²) in [6.07, 6.45) is 1.69. The average Bonchev–Trinajstić information content (AvgIpc) is 2.48. The number of thiol groups is 1. The van der Waals surface area contributed by atoms with Gasteiger partial charge in [0.15, 0.2) is 0 Å². The van der Waals surface area contributed by atoms with Gasteiger partial charge in [-0.1, -0.05) is 13.8 Å². The number of hydrogen-bond acceptors (Lipinski definition) is 7. The molecule has 0 radical (unpaired) electrons. The van der Waals surface area contributed by atoms with Crippen molar-refractivity contribution in [3.05, 3.63) is 38.4 Å². The van der Waals surface area contributed by atoms with Gasteiger partial charge in [-0.15, -0.1) is 11.8 Å². The second kappa shape index (κ2) is 12.7. The van der Waals surface area contributed by atoms with Gasteiger partial charge in [-0.3, -0.25) is 20.2 Å². The predicted molar refractivity (Wildman–Crippen MR) is 83.8 cm³/mol. The van der Waals surface area contributed by atoms with Gasteiger partial charge in [-0.25, -0.2) is 0 Å². The molecule has 20 heavy (non-hydrogen) atoms. The summed E-state index contributed by atoms with van der Waals surface area (Å²) in [6.45, 7) is 3.89. The van der Waals surface area contributed by atoms with Gasteiger partial charge in [0.2, 0.25) is 0 Å². The van der Waals surface area contributed by atoms with Crippen LogP contribution in [0.3, 0.4) is 0 Å². The highest BCUT2D eigenvalue weighted by Crippen LogP contribution is 2.32. The first kappa shape index (κ1) is 21.0. The number of thioether (sulfide) groups is 1. The standard InChI is InChI=1S/C8H8N2O5S.C2H6.CH4S/c11-3-4-16-8-2-1-6(9(12)13)5-7(8)10(14)15;2*1-2/h1-2,5,11H,3-4H2;1-2H3;2H,1H3. The normalized spacial score (nSPS) is 8.65. The Morgan fingerprint density at radius 1 is 1.20 bits per heavy atom. The van der Waals surface area contributed by atoms with Crippen LogP contribution in [0.25, 0.3) is 0 Å². The van der Waals surface area contributed by atoms with E-state index in [2.05, 4.69) is 12.6 Å². The van der Waals surface area contributed by atoms with Gasteiger partial charge >= 0.3 is 0 Å². The van der Waals surface area contributed by atoms with Crippen LogP contribution in [0.1, 0.15) is 13.8 Å². The lowest BCUT2D eigenvalue weighted by Gasteiger charge is -2.00. The average molecular weight is 322 g/mol. The van der Waals surface area contributed by atoms with E-state index in [9.17, 15) is 20.2 Å². The lowest BCUT2D eigenvalue weighted by atomic mass is 10.3. The first-order chi connectivity index (χ1) is 9.56. The molecule has 1 aromatic rings. The molecule has 0 bridgehead atoms. The molecule has 0 atom stereocenters. The third-order valence-electron chi connectivity index (χ3n) is 1.70. The Balaban J connectivity index is 0. The molecule has 0 amide bonds. The minimum atomic E-state index is -0.687. The Morgan fingerprint density at radius 2 is 1.75 bits per heavy atom. The second-order valence-electron chi connectivity index (χ2n) is 2.74. The molecule has 0 saturated heterocycles. The Morgan fingerprint density at radius 3 is 2.15 bits per heavy atom. The molecule has 0 heterocycles. The highest BCUT2D eigenvalue weighted by Gasteiger charge is 2.19. The van der Waals surface area contributed by atoms with Gasteiger partial charge in [-0.2, -0.15) is 12.6 Å². The molecule has 0 fully saturated rings. The van der Waals surface area contributed by atoms with Crippen molar-refractivity contribution in [2.75, 3.05) is 18.6 Å². The molecule has 0 aliphatic carbocycles. The molecular formula is C11H18N2O5S2. The number of aliphatic hydroxyl groups is 1. The van der Waals surface area contributed by atoms with E-state index >= 15 is 0 Å². The fraction of sp³-hybridized carbons (Fsp3) is 0.455. The second-order valence-corrected chi connectivity index (χ2v) is 3.88. The zero-order valence-corrected chi connectivity index (χ0v) is 13.2. The van der Waals surface area contributed by atoms with Gasteiger partial charge in [-0.05, 0) is 12.3 Å². The maximum absolute atomic E-state index is 10.7. The fourth-order valence-corrected chi connectivity index (χ4v) is 1.80. The van der Waals surface area contributed by atoms with E-state index in [0.29, 0.717) is 10.6 Å². The first-order valence-corrected chi connectivity index (χ1v) is 7.55. The SMILES string of the molecule is CC.CS.O=[N+]([O-])c1ccc(SCCO)c([N+](=O)[O-])c1. The third-order valence-corrected chi connectivity index (χ3v) is 2.74. The molecule has 1 N–H and O–H groups in total. The van der Waals surface area contributed by atoms with E-state index < -0.39 is 9.85 Å². The summed E-state index contributed by atoms with van der Waals surface area (Å²) >= 11 is 4.61. The molecule has 0 aliphatic rings. The van der Waals surface area contributed by atoms with Crippen molar-refractivity contribution in [2.24, 2.45) is 0 Å². The summed E-state index contributed by atoms with van der Waals surface area (Å²) in [5.41, 5.74) is -0.632. The van der Waals surface area contributed by atoms with Crippen molar-refractivity contribution in [3.8, 4) is 0 Å². The number of aliphatic hydroxyl groups excluding tert-OH is 1. The summed E-state index contributed by atoms with van der Waals surface area (Å²) in [5, 5.41) is 29.7. The molecule has 7 nitrogen and oxygen atoms in total. The molecule has 0 unspecified atom stereocenters. The largest absolute Gasteiger partial charge is 0.396 e. The van der Waals surface area contributed by atoms with Crippen molar-refractivity contribution >= 4 is 35.8 Å². The quantitative estimate of drug-likeness (QED) is 0.373. The van der Waals surface area contributed by atoms with Crippen LogP contribution in [0.4, 0.5) is 11.4 Å². The van der Waals surface area contributed by atoms with E-state index in [1.807, 2.05) is 13.8 Å². The summed E-state index contributed by atoms with van der Waals surface area (Å²) in [4.78, 5) is 20.1. The fourth-order valence-electron chi connectivity index (χ4n) is 1.04. The maximum atomic E-state index is 10.7. The summed E-state index contributed by atoms with van der Waals surface area (Å²) in [6, 6.07) is 3.43. The predicted octanol–water partition coefficient (Wildman–Crippen LogP) is 3.16. The lowest BCUT2D eigenvalue weighted by Crippen LogP contribution is -1.95. The maximum Gasteiger partial charge on any atom is 0.289 e. The summed E-state index contributed by atoms with van der Waals surface area (Å²) in [7, 11) is 0. The number of hydrogen-bond donors (Lipinski definition) is 2. The van der Waals surface area contributed by atoms with Gasteiger partial charge in [0.25, 0.3) is 11.4 Å². The zero-order valence-electron chi connectivity index (χ0n) is 11.5. The van der Waals surface area contributed by atoms with Crippen molar-refractivity contribution in [2.45, 2.75) is 18.7 Å². The number of rotatable bonds is 5. The van der Waals surface area contributed by atoms with Crippen molar-refractivity contribution in [1.29, 1.82) is 0 Å². The smallest absolute Gasteiger partial charge is 0.289 e. The molecule has 0 aromatic heterocycles. The molecule has 0 saturated carbocycles. The molecule has 1 aromatic carbocycles. The van der Waals surface area contributed by atoms with E-state index in [4.69, 9.17) is 5.11 Å². The van der Waals surface area contributed by atoms with Gasteiger partial charge in [0.1, 0.15) is 0 Å². The number of benzene rings is 1. The zero-order chi connectivity index (χ0) is 16.1. The monoisotopic (exact) mass is 322 g/mol. The van der Waals surface area contributed by atoms with E-state index in [-0.39, 0.29) is 18.0 Å². The molecule has 1 rings (SSSR count). The summed E-state index contributed by atoms with van der Waals surface area (Å²) < 4.78 is 0. The van der Waals surface area contributed by atoms with Crippen LogP contribution in [0.15, 0.2) is 23.1 Å². The number of nitro benzene ring substituents is 2. The van der Waals surface area contributed by atoms with E-state index in [0.717, 1.165) is 17.8 Å². The van der Waals surface area contributed by atoms with Crippen LogP contribution < -0.4 is 0 Å². The highest BCUT2D eigenvalue weighted by atomic mass is 32.2. The number of non-ortho nitro benzene ring substituents is 1. The highest BCUT2D eigenvalue weighted by molar-refractivity contribution is 7.99.